The number of amides is 1. The second-order valence-corrected chi connectivity index (χ2v) is 6.49. The largest absolute Gasteiger partial charge is 0.487 e. The Morgan fingerprint density at radius 1 is 1.42 bits per heavy atom. The van der Waals surface area contributed by atoms with E-state index in [2.05, 4.69) is 15.2 Å². The lowest BCUT2D eigenvalue weighted by Crippen LogP contribution is -2.44. The minimum atomic E-state index is -0.131. The quantitative estimate of drug-likeness (QED) is 0.758. The van der Waals surface area contributed by atoms with Crippen LogP contribution in [0.3, 0.4) is 0 Å². The van der Waals surface area contributed by atoms with Crippen LogP contribution in [-0.2, 0) is 0 Å². The van der Waals surface area contributed by atoms with Crippen LogP contribution in [0.1, 0.15) is 23.3 Å². The van der Waals surface area contributed by atoms with Gasteiger partial charge >= 0.3 is 0 Å². The second kappa shape index (κ2) is 7.21. The Morgan fingerprint density at radius 3 is 3.15 bits per heavy atom. The predicted octanol–water partition coefficient (Wildman–Crippen LogP) is 3.40. The standard InChI is InChI=1S/C18H17ClN4O3/c19-13-10-20-6-5-16(13)26-12-3-1-7-23(11-12)18(24)15-9-14(21-22-15)17-4-2-8-25-17/h2,4-6,8-10,12H,1,3,7,11H2,(H,21,22)/t12-/m0/s1. The van der Waals surface area contributed by atoms with Gasteiger partial charge in [0, 0.05) is 31.1 Å². The molecule has 1 atom stereocenters. The number of nitrogens with zero attached hydrogens (tertiary/aromatic N) is 3. The number of ether oxygens (including phenoxy) is 1. The van der Waals surface area contributed by atoms with E-state index in [1.54, 1.807) is 41.8 Å². The molecule has 0 bridgehead atoms. The first-order chi connectivity index (χ1) is 12.7. The van der Waals surface area contributed by atoms with Crippen molar-refractivity contribution in [1.82, 2.24) is 20.1 Å². The van der Waals surface area contributed by atoms with Crippen LogP contribution in [0.4, 0.5) is 0 Å². The fourth-order valence-corrected chi connectivity index (χ4v) is 3.17. The summed E-state index contributed by atoms with van der Waals surface area (Å²) in [6.45, 7) is 1.16. The number of rotatable bonds is 4. The van der Waals surface area contributed by atoms with Crippen molar-refractivity contribution >= 4 is 17.5 Å². The Labute approximate surface area is 154 Å². The minimum Gasteiger partial charge on any atom is -0.487 e. The highest BCUT2D eigenvalue weighted by atomic mass is 35.5. The lowest BCUT2D eigenvalue weighted by Gasteiger charge is -2.32. The molecule has 3 aromatic rings. The normalized spacial score (nSPS) is 17.3. The van der Waals surface area contributed by atoms with E-state index in [0.29, 0.717) is 41.0 Å². The van der Waals surface area contributed by atoms with Gasteiger partial charge in [-0.05, 0) is 25.0 Å². The summed E-state index contributed by atoms with van der Waals surface area (Å²) >= 11 is 6.10. The molecule has 8 heteroatoms. The number of aromatic amines is 1. The van der Waals surface area contributed by atoms with Gasteiger partial charge in [0.1, 0.15) is 22.6 Å². The molecule has 4 heterocycles. The lowest BCUT2D eigenvalue weighted by molar-refractivity contribution is 0.0532. The smallest absolute Gasteiger partial charge is 0.274 e. The van der Waals surface area contributed by atoms with Crippen molar-refractivity contribution in [2.75, 3.05) is 13.1 Å². The highest BCUT2D eigenvalue weighted by Crippen LogP contribution is 2.26. The van der Waals surface area contributed by atoms with Gasteiger partial charge in [0.2, 0.25) is 0 Å². The van der Waals surface area contributed by atoms with Crippen LogP contribution in [0.2, 0.25) is 5.02 Å². The molecule has 0 saturated carbocycles. The third-order valence-corrected chi connectivity index (χ3v) is 4.56. The van der Waals surface area contributed by atoms with Crippen molar-refractivity contribution < 1.29 is 13.9 Å². The molecule has 0 spiro atoms. The molecule has 134 valence electrons. The minimum absolute atomic E-state index is 0.115. The molecule has 1 amide bonds. The van der Waals surface area contributed by atoms with Crippen LogP contribution >= 0.6 is 11.6 Å². The fourth-order valence-electron chi connectivity index (χ4n) is 3.01. The summed E-state index contributed by atoms with van der Waals surface area (Å²) in [4.78, 5) is 18.5. The van der Waals surface area contributed by atoms with E-state index in [1.165, 1.54) is 0 Å². The van der Waals surface area contributed by atoms with E-state index in [0.717, 1.165) is 12.8 Å². The van der Waals surface area contributed by atoms with Crippen LogP contribution in [0, 0.1) is 0 Å². The van der Waals surface area contributed by atoms with Crippen LogP contribution in [0.15, 0.2) is 47.3 Å². The van der Waals surface area contributed by atoms with Crippen molar-refractivity contribution in [2.45, 2.75) is 18.9 Å². The van der Waals surface area contributed by atoms with Crippen molar-refractivity contribution in [1.29, 1.82) is 0 Å². The Kier molecular flexibility index (Phi) is 4.62. The number of H-pyrrole nitrogens is 1. The maximum Gasteiger partial charge on any atom is 0.274 e. The number of hydrogen-bond donors (Lipinski definition) is 1. The Hall–Kier alpha value is -2.80. The highest BCUT2D eigenvalue weighted by molar-refractivity contribution is 6.31. The number of carbonyl (C=O) groups excluding carboxylic acids is 1. The summed E-state index contributed by atoms with van der Waals surface area (Å²) in [6.07, 6.45) is 6.36. The van der Waals surface area contributed by atoms with E-state index in [1.807, 2.05) is 6.07 Å². The fraction of sp³-hybridized carbons (Fsp3) is 0.278. The van der Waals surface area contributed by atoms with E-state index in [4.69, 9.17) is 20.8 Å². The highest BCUT2D eigenvalue weighted by Gasteiger charge is 2.27. The first-order valence-corrected chi connectivity index (χ1v) is 8.73. The molecular weight excluding hydrogens is 356 g/mol. The maximum atomic E-state index is 12.8. The number of halogens is 1. The number of piperidine rings is 1. The molecular formula is C18H17ClN4O3. The number of nitrogens with one attached hydrogen (secondary N) is 1. The zero-order valence-electron chi connectivity index (χ0n) is 13.9. The van der Waals surface area contributed by atoms with Crippen molar-refractivity contribution in [3.05, 3.63) is 53.6 Å². The monoisotopic (exact) mass is 372 g/mol. The molecule has 0 aliphatic carbocycles. The Bertz CT molecular complexity index is 893. The molecule has 1 N–H and O–H groups in total. The third-order valence-electron chi connectivity index (χ3n) is 4.28. The topological polar surface area (TPSA) is 84.2 Å². The molecule has 26 heavy (non-hydrogen) atoms. The third kappa shape index (κ3) is 3.43. The van der Waals surface area contributed by atoms with E-state index in [9.17, 15) is 4.79 Å². The van der Waals surface area contributed by atoms with Gasteiger partial charge in [-0.3, -0.25) is 14.9 Å². The molecule has 7 nitrogen and oxygen atoms in total. The second-order valence-electron chi connectivity index (χ2n) is 6.08. The number of aromatic nitrogens is 3. The number of pyridine rings is 1. The maximum absolute atomic E-state index is 12.8. The Morgan fingerprint density at radius 2 is 2.35 bits per heavy atom. The lowest BCUT2D eigenvalue weighted by atomic mass is 10.1. The summed E-state index contributed by atoms with van der Waals surface area (Å²) < 4.78 is 11.3. The van der Waals surface area contributed by atoms with Crippen LogP contribution in [0.25, 0.3) is 11.5 Å². The molecule has 1 aliphatic rings. The van der Waals surface area contributed by atoms with Crippen molar-refractivity contribution in [2.24, 2.45) is 0 Å². The summed E-state index contributed by atoms with van der Waals surface area (Å²) in [5.41, 5.74) is 1.03. The van der Waals surface area contributed by atoms with E-state index >= 15 is 0 Å². The molecule has 3 aromatic heterocycles. The van der Waals surface area contributed by atoms with Gasteiger partial charge in [-0.1, -0.05) is 11.6 Å². The Balaban J connectivity index is 1.44. The zero-order chi connectivity index (χ0) is 17.9. The van der Waals surface area contributed by atoms with Gasteiger partial charge in [0.05, 0.1) is 12.8 Å². The number of hydrogen-bond acceptors (Lipinski definition) is 5. The molecule has 0 unspecified atom stereocenters. The number of likely N-dealkylation sites (tertiary alicyclic amines) is 1. The van der Waals surface area contributed by atoms with Gasteiger partial charge in [0.15, 0.2) is 11.5 Å². The summed E-state index contributed by atoms with van der Waals surface area (Å²) in [6, 6.07) is 7.03. The van der Waals surface area contributed by atoms with E-state index < -0.39 is 0 Å². The van der Waals surface area contributed by atoms with E-state index in [-0.39, 0.29) is 12.0 Å². The van der Waals surface area contributed by atoms with Crippen molar-refractivity contribution in [3.8, 4) is 17.2 Å². The molecule has 0 radical (unpaired) electrons. The van der Waals surface area contributed by atoms with Gasteiger partial charge in [-0.15, -0.1) is 0 Å². The van der Waals surface area contributed by atoms with Crippen molar-refractivity contribution in [3.63, 3.8) is 0 Å². The molecule has 1 saturated heterocycles. The number of furan rings is 1. The average Bonchev–Trinajstić information content (AvgIpc) is 3.35. The predicted molar refractivity (Wildman–Crippen MR) is 95.1 cm³/mol. The van der Waals surface area contributed by atoms with Gasteiger partial charge < -0.3 is 14.1 Å². The summed E-state index contributed by atoms with van der Waals surface area (Å²) in [5, 5.41) is 7.43. The first kappa shape index (κ1) is 16.7. The summed E-state index contributed by atoms with van der Waals surface area (Å²) in [5.74, 6) is 1.10. The summed E-state index contributed by atoms with van der Waals surface area (Å²) in [7, 11) is 0. The molecule has 1 aliphatic heterocycles. The van der Waals surface area contributed by atoms with Gasteiger partial charge in [-0.25, -0.2) is 0 Å². The van der Waals surface area contributed by atoms with Crippen LogP contribution < -0.4 is 4.74 Å². The van der Waals surface area contributed by atoms with Crippen LogP contribution in [-0.4, -0.2) is 45.2 Å². The van der Waals surface area contributed by atoms with Crippen LogP contribution in [0.5, 0.6) is 5.75 Å². The molecule has 0 aromatic carbocycles. The molecule has 4 rings (SSSR count). The first-order valence-electron chi connectivity index (χ1n) is 8.35. The zero-order valence-corrected chi connectivity index (χ0v) is 14.6. The molecule has 1 fully saturated rings. The SMILES string of the molecule is O=C(c1cc(-c2ccco2)[nH]n1)N1CCC[C@H](Oc2ccncc2Cl)C1. The van der Waals surface area contributed by atoms with Gasteiger partial charge in [-0.2, -0.15) is 5.10 Å². The number of carbonyl (C=O) groups is 1. The average molecular weight is 373 g/mol. The van der Waals surface area contributed by atoms with Gasteiger partial charge in [0.25, 0.3) is 5.91 Å².